The number of esters is 1. The van der Waals surface area contributed by atoms with Gasteiger partial charge in [-0.05, 0) is 38.0 Å². The normalized spacial score (nSPS) is 16.4. The minimum absolute atomic E-state index is 0.280. The second kappa shape index (κ2) is 8.93. The largest absolute Gasteiger partial charge is 0.463 e. The third-order valence-electron chi connectivity index (χ3n) is 3.90. The Balaban J connectivity index is 2.24. The van der Waals surface area contributed by atoms with Gasteiger partial charge < -0.3 is 15.4 Å². The lowest BCUT2D eigenvalue weighted by molar-refractivity contribution is -0.139. The van der Waals surface area contributed by atoms with Crippen LogP contribution in [-0.2, 0) is 9.53 Å². The Morgan fingerprint density at radius 1 is 1.24 bits per heavy atom. The van der Waals surface area contributed by atoms with Crippen LogP contribution in [0.1, 0.15) is 57.2 Å². The highest BCUT2D eigenvalue weighted by Gasteiger charge is 2.31. The third-order valence-corrected chi connectivity index (χ3v) is 3.90. The van der Waals surface area contributed by atoms with Gasteiger partial charge in [0.05, 0.1) is 18.2 Å². The summed E-state index contributed by atoms with van der Waals surface area (Å²) in [5, 5.41) is 5.41. The number of unbranched alkanes of at least 4 members (excludes halogenated alkanes) is 2. The second-order valence-corrected chi connectivity index (χ2v) is 5.82. The van der Waals surface area contributed by atoms with E-state index in [9.17, 15) is 9.59 Å². The summed E-state index contributed by atoms with van der Waals surface area (Å²) >= 11 is 0. The standard InChI is InChI=1S/C20H24N2O3/c1-4-6-7-8-9-15-10-12-16(13-11-15)18-17(19(23)25-5-2)14(3)21-20(24)22-18/h10-13,18H,4-7H2,1-3H3,(H2,21,22,24). The fourth-order valence-corrected chi connectivity index (χ4v) is 2.61. The maximum absolute atomic E-state index is 12.3. The zero-order valence-corrected chi connectivity index (χ0v) is 14.9. The molecule has 1 aromatic rings. The van der Waals surface area contributed by atoms with E-state index in [1.165, 1.54) is 0 Å². The van der Waals surface area contributed by atoms with Crippen LogP contribution >= 0.6 is 0 Å². The van der Waals surface area contributed by atoms with E-state index in [0.29, 0.717) is 11.3 Å². The first-order chi connectivity index (χ1) is 12.1. The summed E-state index contributed by atoms with van der Waals surface area (Å²) in [7, 11) is 0. The van der Waals surface area contributed by atoms with Crippen molar-refractivity contribution >= 4 is 12.0 Å². The summed E-state index contributed by atoms with van der Waals surface area (Å²) in [5.74, 6) is 5.84. The van der Waals surface area contributed by atoms with E-state index < -0.39 is 12.0 Å². The molecular weight excluding hydrogens is 316 g/mol. The van der Waals surface area contributed by atoms with Crippen LogP contribution in [0.25, 0.3) is 0 Å². The monoisotopic (exact) mass is 340 g/mol. The Hall–Kier alpha value is -2.74. The molecule has 0 saturated heterocycles. The van der Waals surface area contributed by atoms with E-state index in [1.807, 2.05) is 24.3 Å². The van der Waals surface area contributed by atoms with Gasteiger partial charge in [-0.25, -0.2) is 9.59 Å². The molecule has 1 aromatic carbocycles. The quantitative estimate of drug-likeness (QED) is 0.490. The SMILES string of the molecule is CCCCC#Cc1ccc(C2NC(=O)NC(C)=C2C(=O)OCC)cc1. The van der Waals surface area contributed by atoms with Crippen LogP contribution in [0.4, 0.5) is 4.79 Å². The molecule has 0 spiro atoms. The van der Waals surface area contributed by atoms with Crippen molar-refractivity contribution in [1.29, 1.82) is 0 Å². The van der Waals surface area contributed by atoms with Crippen molar-refractivity contribution in [2.24, 2.45) is 0 Å². The summed E-state index contributed by atoms with van der Waals surface area (Å²) in [6, 6.07) is 6.70. The van der Waals surface area contributed by atoms with E-state index >= 15 is 0 Å². The van der Waals surface area contributed by atoms with Gasteiger partial charge in [-0.15, -0.1) is 0 Å². The molecule has 0 fully saturated rings. The smallest absolute Gasteiger partial charge is 0.338 e. The fraction of sp³-hybridized carbons (Fsp3) is 0.400. The molecule has 0 saturated carbocycles. The predicted molar refractivity (Wildman–Crippen MR) is 96.6 cm³/mol. The van der Waals surface area contributed by atoms with Crippen molar-refractivity contribution < 1.29 is 14.3 Å². The number of benzene rings is 1. The highest BCUT2D eigenvalue weighted by Crippen LogP contribution is 2.27. The molecule has 1 heterocycles. The van der Waals surface area contributed by atoms with Crippen molar-refractivity contribution in [1.82, 2.24) is 10.6 Å². The summed E-state index contributed by atoms with van der Waals surface area (Å²) in [4.78, 5) is 24.1. The summed E-state index contributed by atoms with van der Waals surface area (Å²) < 4.78 is 5.13. The molecule has 132 valence electrons. The van der Waals surface area contributed by atoms with Gasteiger partial charge in [-0.1, -0.05) is 37.3 Å². The van der Waals surface area contributed by atoms with Crippen molar-refractivity contribution in [3.8, 4) is 11.8 Å². The number of hydrogen-bond donors (Lipinski definition) is 2. The summed E-state index contributed by atoms with van der Waals surface area (Å²) in [5.41, 5.74) is 2.66. The van der Waals surface area contributed by atoms with Gasteiger partial charge in [0, 0.05) is 17.7 Å². The maximum atomic E-state index is 12.3. The Kier molecular flexibility index (Phi) is 6.64. The van der Waals surface area contributed by atoms with Gasteiger partial charge in [0.25, 0.3) is 0 Å². The molecule has 2 amide bonds. The molecule has 1 atom stereocenters. The first-order valence-electron chi connectivity index (χ1n) is 8.61. The first-order valence-corrected chi connectivity index (χ1v) is 8.61. The number of carbonyl (C=O) groups is 2. The molecule has 25 heavy (non-hydrogen) atoms. The number of urea groups is 1. The van der Waals surface area contributed by atoms with Crippen LogP contribution in [0.15, 0.2) is 35.5 Å². The first kappa shape index (κ1) is 18.6. The number of allylic oxidation sites excluding steroid dienone is 1. The van der Waals surface area contributed by atoms with Gasteiger partial charge in [0.2, 0.25) is 0 Å². The van der Waals surface area contributed by atoms with E-state index in [-0.39, 0.29) is 12.6 Å². The Morgan fingerprint density at radius 2 is 1.96 bits per heavy atom. The second-order valence-electron chi connectivity index (χ2n) is 5.82. The lowest BCUT2D eigenvalue weighted by Gasteiger charge is -2.28. The Morgan fingerprint density at radius 3 is 2.60 bits per heavy atom. The molecule has 2 rings (SSSR count). The minimum atomic E-state index is -0.532. The number of rotatable bonds is 5. The molecule has 1 aliphatic rings. The van der Waals surface area contributed by atoms with E-state index in [2.05, 4.69) is 29.4 Å². The van der Waals surface area contributed by atoms with E-state index in [1.54, 1.807) is 13.8 Å². The van der Waals surface area contributed by atoms with Crippen LogP contribution in [0, 0.1) is 11.8 Å². The number of ether oxygens (including phenoxy) is 1. The van der Waals surface area contributed by atoms with Gasteiger partial charge >= 0.3 is 12.0 Å². The molecule has 2 N–H and O–H groups in total. The Labute approximate surface area is 148 Å². The molecule has 0 aromatic heterocycles. The highest BCUT2D eigenvalue weighted by atomic mass is 16.5. The molecule has 0 radical (unpaired) electrons. The van der Waals surface area contributed by atoms with Gasteiger partial charge in [0.1, 0.15) is 0 Å². The molecule has 1 aliphatic heterocycles. The molecule has 0 bridgehead atoms. The summed E-state index contributed by atoms with van der Waals surface area (Å²) in [6.07, 6.45) is 3.11. The van der Waals surface area contributed by atoms with Crippen LogP contribution in [0.3, 0.4) is 0 Å². The highest BCUT2D eigenvalue weighted by molar-refractivity contribution is 5.95. The molecule has 5 nitrogen and oxygen atoms in total. The Bertz CT molecular complexity index is 724. The zero-order chi connectivity index (χ0) is 18.2. The van der Waals surface area contributed by atoms with E-state index in [4.69, 9.17) is 4.74 Å². The van der Waals surface area contributed by atoms with Crippen molar-refractivity contribution in [3.63, 3.8) is 0 Å². The van der Waals surface area contributed by atoms with Crippen LogP contribution in [0.5, 0.6) is 0 Å². The lowest BCUT2D eigenvalue weighted by Crippen LogP contribution is -2.45. The van der Waals surface area contributed by atoms with Gasteiger partial charge in [0.15, 0.2) is 0 Å². The van der Waals surface area contributed by atoms with Crippen LogP contribution in [0.2, 0.25) is 0 Å². The maximum Gasteiger partial charge on any atom is 0.338 e. The van der Waals surface area contributed by atoms with Crippen molar-refractivity contribution in [2.75, 3.05) is 6.61 Å². The van der Waals surface area contributed by atoms with Gasteiger partial charge in [-0.2, -0.15) is 0 Å². The van der Waals surface area contributed by atoms with E-state index in [0.717, 1.165) is 30.4 Å². The van der Waals surface area contributed by atoms with Crippen LogP contribution < -0.4 is 10.6 Å². The number of carbonyl (C=O) groups excluding carboxylic acids is 2. The zero-order valence-electron chi connectivity index (χ0n) is 14.9. The minimum Gasteiger partial charge on any atom is -0.463 e. The fourth-order valence-electron chi connectivity index (χ4n) is 2.61. The number of amides is 2. The van der Waals surface area contributed by atoms with Crippen LogP contribution in [-0.4, -0.2) is 18.6 Å². The molecule has 0 aliphatic carbocycles. The topological polar surface area (TPSA) is 67.4 Å². The van der Waals surface area contributed by atoms with Gasteiger partial charge in [-0.3, -0.25) is 0 Å². The molecule has 5 heteroatoms. The number of hydrogen-bond acceptors (Lipinski definition) is 3. The molecule has 1 unspecified atom stereocenters. The summed E-state index contributed by atoms with van der Waals surface area (Å²) in [6.45, 7) is 5.87. The third kappa shape index (κ3) is 4.87. The van der Waals surface area contributed by atoms with Crippen molar-refractivity contribution in [3.05, 3.63) is 46.7 Å². The predicted octanol–water partition coefficient (Wildman–Crippen LogP) is 3.42. The average Bonchev–Trinajstić information content (AvgIpc) is 2.59. The lowest BCUT2D eigenvalue weighted by atomic mass is 9.95. The average molecular weight is 340 g/mol. The van der Waals surface area contributed by atoms with Crippen molar-refractivity contribution in [2.45, 2.75) is 46.1 Å². The number of nitrogens with one attached hydrogen (secondary N) is 2. The molecular formula is C20H24N2O3.